The summed E-state index contributed by atoms with van der Waals surface area (Å²) in [6.07, 6.45) is 0.484. The zero-order valence-electron chi connectivity index (χ0n) is 16.0. The molecule has 0 aromatic heterocycles. The fourth-order valence-electron chi connectivity index (χ4n) is 3.82. The van der Waals surface area contributed by atoms with Crippen molar-refractivity contribution in [1.29, 1.82) is 0 Å². The van der Waals surface area contributed by atoms with Gasteiger partial charge in [0.1, 0.15) is 0 Å². The van der Waals surface area contributed by atoms with Gasteiger partial charge in [-0.25, -0.2) is 0 Å². The van der Waals surface area contributed by atoms with Gasteiger partial charge in [0.2, 0.25) is 0 Å². The van der Waals surface area contributed by atoms with Gasteiger partial charge in [-0.2, -0.15) is 0 Å². The van der Waals surface area contributed by atoms with E-state index < -0.39 is 0 Å². The second kappa shape index (κ2) is 7.70. The summed E-state index contributed by atoms with van der Waals surface area (Å²) in [4.78, 5) is 13.2. The summed E-state index contributed by atoms with van der Waals surface area (Å²) in [6, 6.07) is 23.1. The van der Waals surface area contributed by atoms with Crippen molar-refractivity contribution in [2.45, 2.75) is 40.0 Å². The van der Waals surface area contributed by atoms with Crippen molar-refractivity contribution < 1.29 is 4.79 Å². The minimum absolute atomic E-state index is 0.0735. The summed E-state index contributed by atoms with van der Waals surface area (Å²) in [6.45, 7) is 8.24. The van der Waals surface area contributed by atoms with Gasteiger partial charge in [-0.1, -0.05) is 77.9 Å². The molecule has 1 atom stereocenters. The average molecular weight is 342 g/mol. The van der Waals surface area contributed by atoms with E-state index in [1.807, 2.05) is 32.0 Å². The summed E-state index contributed by atoms with van der Waals surface area (Å²) in [7, 11) is 0. The average Bonchev–Trinajstić information content (AvgIpc) is 2.60. The second-order valence-electron chi connectivity index (χ2n) is 7.27. The van der Waals surface area contributed by atoms with Gasteiger partial charge in [-0.3, -0.25) is 4.79 Å². The van der Waals surface area contributed by atoms with Crippen molar-refractivity contribution >= 4 is 5.78 Å². The van der Waals surface area contributed by atoms with Crippen molar-refractivity contribution in [3.63, 3.8) is 0 Å². The highest BCUT2D eigenvalue weighted by Crippen LogP contribution is 2.31. The van der Waals surface area contributed by atoms with Crippen LogP contribution < -0.4 is 0 Å². The number of aryl methyl sites for hydroxylation is 4. The topological polar surface area (TPSA) is 17.1 Å². The number of Topliss-reactive ketones (excluding diaryl/α,β-unsaturated/α-hetero) is 1. The van der Waals surface area contributed by atoms with Crippen LogP contribution in [0, 0.1) is 27.7 Å². The van der Waals surface area contributed by atoms with E-state index in [1.165, 1.54) is 22.3 Å². The molecule has 0 amide bonds. The maximum atomic E-state index is 13.2. The zero-order valence-corrected chi connectivity index (χ0v) is 16.0. The number of rotatable bonds is 5. The third kappa shape index (κ3) is 3.94. The summed E-state index contributed by atoms with van der Waals surface area (Å²) < 4.78 is 0. The molecule has 0 unspecified atom stereocenters. The molecule has 0 aliphatic carbocycles. The lowest BCUT2D eigenvalue weighted by atomic mass is 9.84. The Bertz CT molecular complexity index is 882. The van der Waals surface area contributed by atoms with E-state index in [2.05, 4.69) is 62.4 Å². The van der Waals surface area contributed by atoms with Gasteiger partial charge in [0.25, 0.3) is 0 Å². The highest BCUT2D eigenvalue weighted by Gasteiger charge is 2.21. The molecule has 0 radical (unpaired) electrons. The Morgan fingerprint density at radius 2 is 1.27 bits per heavy atom. The number of hydrogen-bond acceptors (Lipinski definition) is 1. The number of ketones is 1. The van der Waals surface area contributed by atoms with Crippen molar-refractivity contribution in [3.05, 3.63) is 106 Å². The van der Waals surface area contributed by atoms with E-state index in [1.54, 1.807) is 0 Å². The molecule has 3 aromatic rings. The van der Waals surface area contributed by atoms with Gasteiger partial charge in [-0.05, 0) is 49.9 Å². The van der Waals surface area contributed by atoms with E-state index >= 15 is 0 Å². The number of carbonyl (C=O) groups excluding carboxylic acids is 1. The first-order valence-electron chi connectivity index (χ1n) is 9.18. The van der Waals surface area contributed by atoms with E-state index in [-0.39, 0.29) is 11.7 Å². The lowest BCUT2D eigenvalue weighted by molar-refractivity contribution is 0.0976. The van der Waals surface area contributed by atoms with Crippen molar-refractivity contribution in [3.8, 4) is 0 Å². The SMILES string of the molecule is Cc1ccc([C@H](CC(=O)c2c(C)cc(C)cc2C)c2ccccc2)cc1. The lowest BCUT2D eigenvalue weighted by Crippen LogP contribution is -2.12. The van der Waals surface area contributed by atoms with Gasteiger partial charge < -0.3 is 0 Å². The van der Waals surface area contributed by atoms with E-state index in [4.69, 9.17) is 0 Å². The minimum Gasteiger partial charge on any atom is -0.294 e. The highest BCUT2D eigenvalue weighted by molar-refractivity contribution is 5.99. The fraction of sp³-hybridized carbons (Fsp3) is 0.240. The number of benzene rings is 3. The van der Waals surface area contributed by atoms with Gasteiger partial charge in [0.05, 0.1) is 0 Å². The lowest BCUT2D eigenvalue weighted by Gasteiger charge is -2.19. The first-order chi connectivity index (χ1) is 12.5. The van der Waals surface area contributed by atoms with Gasteiger partial charge in [-0.15, -0.1) is 0 Å². The standard InChI is InChI=1S/C25H26O/c1-17-10-12-22(13-11-17)23(21-8-6-5-7-9-21)16-24(26)25-19(3)14-18(2)15-20(25)4/h5-15,23H,16H2,1-4H3/t23-/m1/s1. The quantitative estimate of drug-likeness (QED) is 0.495. The molecule has 3 aromatic carbocycles. The smallest absolute Gasteiger partial charge is 0.164 e. The molecule has 0 spiro atoms. The van der Waals surface area contributed by atoms with Crippen LogP contribution in [0.15, 0.2) is 66.7 Å². The van der Waals surface area contributed by atoms with Crippen molar-refractivity contribution in [1.82, 2.24) is 0 Å². The molecular formula is C25H26O. The Kier molecular flexibility index (Phi) is 5.37. The molecule has 0 saturated heterocycles. The molecule has 0 heterocycles. The Hall–Kier alpha value is -2.67. The van der Waals surface area contributed by atoms with Crippen molar-refractivity contribution in [2.24, 2.45) is 0 Å². The largest absolute Gasteiger partial charge is 0.294 e. The van der Waals surface area contributed by atoms with Crippen molar-refractivity contribution in [2.75, 3.05) is 0 Å². The third-order valence-corrected chi connectivity index (χ3v) is 5.03. The Morgan fingerprint density at radius 1 is 0.731 bits per heavy atom. The normalized spacial score (nSPS) is 12.0. The first kappa shape index (κ1) is 18.1. The van der Waals surface area contributed by atoms with Gasteiger partial charge in [0.15, 0.2) is 5.78 Å². The fourth-order valence-corrected chi connectivity index (χ4v) is 3.82. The van der Waals surface area contributed by atoms with Crippen LogP contribution in [0.3, 0.4) is 0 Å². The Balaban J connectivity index is 1.99. The molecule has 1 nitrogen and oxygen atoms in total. The van der Waals surface area contributed by atoms with Gasteiger partial charge in [0, 0.05) is 17.9 Å². The molecule has 0 saturated carbocycles. The summed E-state index contributed by atoms with van der Waals surface area (Å²) in [5.41, 5.74) is 7.84. The van der Waals surface area contributed by atoms with Crippen LogP contribution in [0.2, 0.25) is 0 Å². The van der Waals surface area contributed by atoms with Crippen LogP contribution in [0.1, 0.15) is 56.1 Å². The monoisotopic (exact) mass is 342 g/mol. The van der Waals surface area contributed by atoms with Crippen LogP contribution >= 0.6 is 0 Å². The zero-order chi connectivity index (χ0) is 18.7. The van der Waals surface area contributed by atoms with Crippen LogP contribution in [-0.2, 0) is 0 Å². The molecule has 0 bridgehead atoms. The van der Waals surface area contributed by atoms with Crippen LogP contribution in [-0.4, -0.2) is 5.78 Å². The minimum atomic E-state index is 0.0735. The predicted octanol–water partition coefficient (Wildman–Crippen LogP) is 6.33. The molecule has 1 heteroatoms. The third-order valence-electron chi connectivity index (χ3n) is 5.03. The summed E-state index contributed by atoms with van der Waals surface area (Å²) in [5, 5.41) is 0. The van der Waals surface area contributed by atoms with Crippen LogP contribution in [0.4, 0.5) is 0 Å². The number of hydrogen-bond donors (Lipinski definition) is 0. The van der Waals surface area contributed by atoms with E-state index in [0.29, 0.717) is 6.42 Å². The molecule has 26 heavy (non-hydrogen) atoms. The molecule has 0 aliphatic rings. The van der Waals surface area contributed by atoms with Crippen LogP contribution in [0.5, 0.6) is 0 Å². The van der Waals surface area contributed by atoms with Gasteiger partial charge >= 0.3 is 0 Å². The predicted molar refractivity (Wildman–Crippen MR) is 109 cm³/mol. The highest BCUT2D eigenvalue weighted by atomic mass is 16.1. The summed E-state index contributed by atoms with van der Waals surface area (Å²) >= 11 is 0. The number of carbonyl (C=O) groups is 1. The molecule has 0 aliphatic heterocycles. The Morgan fingerprint density at radius 3 is 1.85 bits per heavy atom. The molecule has 0 fully saturated rings. The van der Waals surface area contributed by atoms with Crippen LogP contribution in [0.25, 0.3) is 0 Å². The molecule has 0 N–H and O–H groups in total. The molecule has 3 rings (SSSR count). The first-order valence-corrected chi connectivity index (χ1v) is 9.18. The maximum Gasteiger partial charge on any atom is 0.164 e. The molecule has 132 valence electrons. The summed E-state index contributed by atoms with van der Waals surface area (Å²) in [5.74, 6) is 0.291. The maximum absolute atomic E-state index is 13.2. The van der Waals surface area contributed by atoms with E-state index in [0.717, 1.165) is 16.7 Å². The second-order valence-corrected chi connectivity index (χ2v) is 7.27. The Labute approximate surface area is 156 Å². The molecular weight excluding hydrogens is 316 g/mol. The van der Waals surface area contributed by atoms with E-state index in [9.17, 15) is 4.79 Å².